The summed E-state index contributed by atoms with van der Waals surface area (Å²) >= 11 is 0. The Hall–Kier alpha value is -4.54. The predicted octanol–water partition coefficient (Wildman–Crippen LogP) is 4.27. The molecule has 0 unspecified atom stereocenters. The number of benzene rings is 2. The molecule has 8 nitrogen and oxygen atoms in total. The molecule has 33 heavy (non-hydrogen) atoms. The van der Waals surface area contributed by atoms with Crippen molar-refractivity contribution in [1.29, 1.82) is 0 Å². The molecule has 11 heteroatoms. The number of nitrogens with zero attached hydrogens (tertiary/aromatic N) is 6. The van der Waals surface area contributed by atoms with Gasteiger partial charge < -0.3 is 5.32 Å². The van der Waals surface area contributed by atoms with Crippen LogP contribution in [0.3, 0.4) is 0 Å². The summed E-state index contributed by atoms with van der Waals surface area (Å²) in [6.45, 7) is 0. The molecule has 5 aromatic rings. The maximum absolute atomic E-state index is 13.3. The first-order valence-corrected chi connectivity index (χ1v) is 9.69. The summed E-state index contributed by atoms with van der Waals surface area (Å²) in [6.07, 6.45) is -0.313. The van der Waals surface area contributed by atoms with Crippen LogP contribution < -0.4 is 5.32 Å². The Balaban J connectivity index is 1.35. The minimum atomic E-state index is -4.57. The fourth-order valence-electron chi connectivity index (χ4n) is 3.34. The van der Waals surface area contributed by atoms with Gasteiger partial charge in [0.05, 0.1) is 40.4 Å². The van der Waals surface area contributed by atoms with E-state index in [0.29, 0.717) is 11.5 Å². The fourth-order valence-corrected chi connectivity index (χ4v) is 3.34. The molecule has 0 aliphatic heterocycles. The molecule has 2 aromatic carbocycles. The lowest BCUT2D eigenvalue weighted by molar-refractivity contribution is -0.137. The number of anilines is 1. The van der Waals surface area contributed by atoms with Crippen LogP contribution in [0.25, 0.3) is 22.5 Å². The van der Waals surface area contributed by atoms with E-state index in [1.54, 1.807) is 18.5 Å². The number of imidazole rings is 1. The third kappa shape index (κ3) is 3.91. The number of hydrogen-bond donors (Lipinski definition) is 1. The normalized spacial score (nSPS) is 11.6. The monoisotopic (exact) mass is 449 g/mol. The molecule has 0 bridgehead atoms. The third-order valence-corrected chi connectivity index (χ3v) is 4.89. The second-order valence-electron chi connectivity index (χ2n) is 7.03. The number of para-hydroxylation sites is 3. The Morgan fingerprint density at radius 3 is 2.52 bits per heavy atom. The van der Waals surface area contributed by atoms with Gasteiger partial charge in [0.2, 0.25) is 0 Å². The van der Waals surface area contributed by atoms with Gasteiger partial charge in [-0.05, 0) is 36.4 Å². The minimum Gasteiger partial charge on any atom is -0.319 e. The van der Waals surface area contributed by atoms with E-state index in [4.69, 9.17) is 0 Å². The number of hydrogen-bond acceptors (Lipinski definition) is 5. The summed E-state index contributed by atoms with van der Waals surface area (Å²) in [6, 6.07) is 15.9. The van der Waals surface area contributed by atoms with Gasteiger partial charge in [0.1, 0.15) is 12.1 Å². The van der Waals surface area contributed by atoms with E-state index in [-0.39, 0.29) is 11.4 Å². The average molecular weight is 449 g/mol. The number of rotatable bonds is 4. The second kappa shape index (κ2) is 7.86. The zero-order valence-corrected chi connectivity index (χ0v) is 16.7. The van der Waals surface area contributed by atoms with Gasteiger partial charge >= 0.3 is 6.18 Å². The molecule has 0 saturated carbocycles. The highest BCUT2D eigenvalue weighted by Crippen LogP contribution is 2.33. The van der Waals surface area contributed by atoms with Crippen LogP contribution in [-0.2, 0) is 6.18 Å². The Morgan fingerprint density at radius 2 is 1.73 bits per heavy atom. The maximum Gasteiger partial charge on any atom is 0.418 e. The first kappa shape index (κ1) is 20.4. The quantitative estimate of drug-likeness (QED) is 0.443. The summed E-state index contributed by atoms with van der Waals surface area (Å²) < 4.78 is 42.5. The number of carbonyl (C=O) groups excluding carboxylic acids is 1. The summed E-state index contributed by atoms with van der Waals surface area (Å²) in [5.74, 6) is -0.0234. The molecule has 0 aliphatic carbocycles. The van der Waals surface area contributed by atoms with Crippen molar-refractivity contribution in [1.82, 2.24) is 29.5 Å². The first-order chi connectivity index (χ1) is 15.9. The van der Waals surface area contributed by atoms with Gasteiger partial charge in [-0.1, -0.05) is 29.5 Å². The summed E-state index contributed by atoms with van der Waals surface area (Å²) in [5, 5.41) is 10.00. The van der Waals surface area contributed by atoms with Crippen LogP contribution in [-0.4, -0.2) is 35.4 Å². The molecule has 5 rings (SSSR count). The molecule has 0 radical (unpaired) electrons. The number of pyridine rings is 1. The van der Waals surface area contributed by atoms with Gasteiger partial charge in [0.25, 0.3) is 5.91 Å². The van der Waals surface area contributed by atoms with Crippen molar-refractivity contribution >= 4 is 22.6 Å². The molecule has 0 spiro atoms. The molecular weight excluding hydrogens is 435 g/mol. The van der Waals surface area contributed by atoms with Crippen molar-refractivity contribution in [2.75, 3.05) is 5.32 Å². The highest BCUT2D eigenvalue weighted by atomic mass is 19.4. The van der Waals surface area contributed by atoms with Crippen LogP contribution in [0.15, 0.2) is 79.4 Å². The molecule has 3 heterocycles. The Morgan fingerprint density at radius 1 is 0.939 bits per heavy atom. The lowest BCUT2D eigenvalue weighted by atomic mass is 10.1. The SMILES string of the molecule is O=C(Nc1ccc(-n2cnc3ccccc32)nc1)c1cn(-c2ccccc2C(F)(F)F)nn1. The van der Waals surface area contributed by atoms with E-state index in [1.807, 2.05) is 28.8 Å². The van der Waals surface area contributed by atoms with Gasteiger partial charge in [0.15, 0.2) is 5.69 Å². The standard InChI is InChI=1S/C22H14F3N7O/c23-22(24,25)15-5-1-3-7-18(15)32-12-17(29-30-32)21(33)28-14-9-10-20(26-11-14)31-13-27-16-6-2-4-8-19(16)31/h1-13H,(H,28,33). The largest absolute Gasteiger partial charge is 0.418 e. The summed E-state index contributed by atoms with van der Waals surface area (Å²) in [4.78, 5) is 21.2. The lowest BCUT2D eigenvalue weighted by Crippen LogP contribution is -2.13. The van der Waals surface area contributed by atoms with Gasteiger partial charge in [-0.25, -0.2) is 14.6 Å². The molecule has 1 N–H and O–H groups in total. The van der Waals surface area contributed by atoms with Gasteiger partial charge in [-0.2, -0.15) is 13.2 Å². The number of alkyl halides is 3. The van der Waals surface area contributed by atoms with E-state index in [1.165, 1.54) is 24.4 Å². The van der Waals surface area contributed by atoms with E-state index in [2.05, 4.69) is 25.6 Å². The highest BCUT2D eigenvalue weighted by Gasteiger charge is 2.34. The number of fused-ring (bicyclic) bond motifs is 1. The molecule has 0 saturated heterocycles. The van der Waals surface area contributed by atoms with Crippen molar-refractivity contribution < 1.29 is 18.0 Å². The van der Waals surface area contributed by atoms with Crippen LogP contribution in [0.4, 0.5) is 18.9 Å². The smallest absolute Gasteiger partial charge is 0.319 e. The highest BCUT2D eigenvalue weighted by molar-refractivity contribution is 6.02. The lowest BCUT2D eigenvalue weighted by Gasteiger charge is -2.11. The molecule has 0 fully saturated rings. The molecule has 164 valence electrons. The van der Waals surface area contributed by atoms with Crippen molar-refractivity contribution in [3.63, 3.8) is 0 Å². The van der Waals surface area contributed by atoms with Crippen molar-refractivity contribution in [3.8, 4) is 11.5 Å². The van der Waals surface area contributed by atoms with Crippen LogP contribution in [0, 0.1) is 0 Å². The number of carbonyl (C=O) groups is 1. The van der Waals surface area contributed by atoms with Gasteiger partial charge in [-0.15, -0.1) is 5.10 Å². The molecule has 0 atom stereocenters. The third-order valence-electron chi connectivity index (χ3n) is 4.89. The number of halogens is 3. The Labute approximate surface area is 184 Å². The van der Waals surface area contributed by atoms with Crippen molar-refractivity contribution in [2.24, 2.45) is 0 Å². The van der Waals surface area contributed by atoms with Crippen molar-refractivity contribution in [3.05, 3.63) is 90.6 Å². The Kier molecular flexibility index (Phi) is 4.85. The fraction of sp³-hybridized carbons (Fsp3) is 0.0455. The maximum atomic E-state index is 13.3. The van der Waals surface area contributed by atoms with Crippen molar-refractivity contribution in [2.45, 2.75) is 6.18 Å². The number of aromatic nitrogens is 6. The minimum absolute atomic E-state index is 0.142. The number of amides is 1. The first-order valence-electron chi connectivity index (χ1n) is 9.69. The van der Waals surface area contributed by atoms with Gasteiger partial charge in [-0.3, -0.25) is 9.36 Å². The van der Waals surface area contributed by atoms with E-state index >= 15 is 0 Å². The van der Waals surface area contributed by atoms with Crippen LogP contribution in [0.2, 0.25) is 0 Å². The predicted molar refractivity (Wildman–Crippen MR) is 113 cm³/mol. The summed E-state index contributed by atoms with van der Waals surface area (Å²) in [5.41, 5.74) is 0.850. The van der Waals surface area contributed by atoms with Crippen LogP contribution >= 0.6 is 0 Å². The van der Waals surface area contributed by atoms with Crippen LogP contribution in [0.5, 0.6) is 0 Å². The van der Waals surface area contributed by atoms with E-state index in [0.717, 1.165) is 28.0 Å². The van der Waals surface area contributed by atoms with Gasteiger partial charge in [0, 0.05) is 0 Å². The molecule has 1 amide bonds. The average Bonchev–Trinajstić information content (AvgIpc) is 3.47. The Bertz CT molecular complexity index is 1450. The summed E-state index contributed by atoms with van der Waals surface area (Å²) in [7, 11) is 0. The van der Waals surface area contributed by atoms with E-state index < -0.39 is 17.6 Å². The second-order valence-corrected chi connectivity index (χ2v) is 7.03. The molecule has 3 aromatic heterocycles. The molecule has 0 aliphatic rings. The molecular formula is C22H14F3N7O. The van der Waals surface area contributed by atoms with E-state index in [9.17, 15) is 18.0 Å². The topological polar surface area (TPSA) is 90.5 Å². The zero-order chi connectivity index (χ0) is 23.0. The number of nitrogens with one attached hydrogen (secondary N) is 1. The van der Waals surface area contributed by atoms with Crippen LogP contribution in [0.1, 0.15) is 16.1 Å². The zero-order valence-electron chi connectivity index (χ0n) is 16.7.